The number of rotatable bonds is 3. The van der Waals surface area contributed by atoms with Crippen LogP contribution in [0.15, 0.2) is 54.7 Å². The van der Waals surface area contributed by atoms with Crippen molar-refractivity contribution in [2.75, 3.05) is 11.9 Å². The van der Waals surface area contributed by atoms with Crippen LogP contribution in [0, 0.1) is 18.3 Å². The summed E-state index contributed by atoms with van der Waals surface area (Å²) in [4.78, 5) is 6.29. The molecule has 7 nitrogen and oxygen atoms in total. The first kappa shape index (κ1) is 15.7. The third-order valence-corrected chi connectivity index (χ3v) is 4.10. The number of benzene rings is 1. The zero-order valence-electron chi connectivity index (χ0n) is 14.3. The fraction of sp³-hybridized carbons (Fsp3) is 0.105. The summed E-state index contributed by atoms with van der Waals surface area (Å²) in [6.45, 7) is 2.06. The largest absolute Gasteiger partial charge is 0.328 e. The minimum Gasteiger partial charge on any atom is -0.328 e. The van der Waals surface area contributed by atoms with Gasteiger partial charge in [-0.05, 0) is 48.9 Å². The molecule has 0 atom stereocenters. The lowest BCUT2D eigenvalue weighted by Crippen LogP contribution is -2.13. The maximum Gasteiger partial charge on any atom is 0.203 e. The second kappa shape index (κ2) is 6.26. The van der Waals surface area contributed by atoms with Crippen LogP contribution in [0.1, 0.15) is 11.1 Å². The maximum atomic E-state index is 9.10. The SMILES string of the molecule is Cc1cccc(N(C)c2ccc3nnc(-c4cc(C#N)ccn4)n3n2)c1. The van der Waals surface area contributed by atoms with Crippen LogP contribution >= 0.6 is 0 Å². The lowest BCUT2D eigenvalue weighted by Gasteiger charge is -2.18. The molecule has 7 heteroatoms. The van der Waals surface area contributed by atoms with Crippen molar-refractivity contribution in [3.8, 4) is 17.6 Å². The van der Waals surface area contributed by atoms with Gasteiger partial charge in [-0.1, -0.05) is 12.1 Å². The molecule has 0 radical (unpaired) electrons. The third kappa shape index (κ3) is 2.74. The number of fused-ring (bicyclic) bond motifs is 1. The van der Waals surface area contributed by atoms with E-state index in [0.717, 1.165) is 11.5 Å². The van der Waals surface area contributed by atoms with Crippen LogP contribution in [0.2, 0.25) is 0 Å². The summed E-state index contributed by atoms with van der Waals surface area (Å²) in [6, 6.07) is 17.4. The molecule has 0 aliphatic heterocycles. The van der Waals surface area contributed by atoms with E-state index in [9.17, 15) is 0 Å². The van der Waals surface area contributed by atoms with Crippen molar-refractivity contribution in [2.45, 2.75) is 6.92 Å². The van der Waals surface area contributed by atoms with Crippen molar-refractivity contribution in [3.05, 3.63) is 65.9 Å². The Labute approximate surface area is 150 Å². The Bertz CT molecular complexity index is 1140. The highest BCUT2D eigenvalue weighted by atomic mass is 15.4. The zero-order chi connectivity index (χ0) is 18.1. The molecule has 0 fully saturated rings. The Morgan fingerprint density at radius 1 is 1.08 bits per heavy atom. The van der Waals surface area contributed by atoms with E-state index < -0.39 is 0 Å². The van der Waals surface area contributed by atoms with E-state index >= 15 is 0 Å². The van der Waals surface area contributed by atoms with Crippen LogP contribution in [0.5, 0.6) is 0 Å². The van der Waals surface area contributed by atoms with Crippen molar-refractivity contribution in [1.29, 1.82) is 5.26 Å². The Morgan fingerprint density at radius 2 is 1.96 bits per heavy atom. The predicted octanol–water partition coefficient (Wildman–Crippen LogP) is 3.13. The van der Waals surface area contributed by atoms with Crippen LogP contribution in [0.25, 0.3) is 17.2 Å². The molecule has 26 heavy (non-hydrogen) atoms. The Kier molecular flexibility index (Phi) is 3.78. The molecule has 0 aliphatic carbocycles. The van der Waals surface area contributed by atoms with E-state index in [1.165, 1.54) is 5.56 Å². The molecule has 4 aromatic rings. The summed E-state index contributed by atoms with van der Waals surface area (Å²) in [5.74, 6) is 1.25. The highest BCUT2D eigenvalue weighted by molar-refractivity contribution is 5.62. The molecule has 0 unspecified atom stereocenters. The summed E-state index contributed by atoms with van der Waals surface area (Å²) in [5, 5.41) is 22.1. The Morgan fingerprint density at radius 3 is 2.77 bits per heavy atom. The van der Waals surface area contributed by atoms with Gasteiger partial charge in [0.15, 0.2) is 11.5 Å². The highest BCUT2D eigenvalue weighted by Crippen LogP contribution is 2.24. The average molecular weight is 341 g/mol. The van der Waals surface area contributed by atoms with Gasteiger partial charge in [0.2, 0.25) is 5.82 Å². The molecule has 0 bridgehead atoms. The van der Waals surface area contributed by atoms with E-state index in [2.05, 4.69) is 45.4 Å². The first-order valence-electron chi connectivity index (χ1n) is 8.05. The van der Waals surface area contributed by atoms with Crippen LogP contribution in [0.4, 0.5) is 11.5 Å². The number of anilines is 2. The lowest BCUT2D eigenvalue weighted by molar-refractivity contribution is 0.910. The molecule has 0 amide bonds. The molecule has 0 aliphatic rings. The zero-order valence-corrected chi connectivity index (χ0v) is 14.3. The van der Waals surface area contributed by atoms with Gasteiger partial charge < -0.3 is 4.90 Å². The lowest BCUT2D eigenvalue weighted by atomic mass is 10.2. The van der Waals surface area contributed by atoms with Crippen LogP contribution in [0.3, 0.4) is 0 Å². The number of hydrogen-bond donors (Lipinski definition) is 0. The van der Waals surface area contributed by atoms with E-state index in [1.54, 1.807) is 22.8 Å². The molecule has 0 spiro atoms. The second-order valence-electron chi connectivity index (χ2n) is 5.92. The fourth-order valence-corrected chi connectivity index (χ4v) is 2.71. The number of nitriles is 1. The van der Waals surface area contributed by atoms with Crippen molar-refractivity contribution < 1.29 is 0 Å². The Hall–Kier alpha value is -3.79. The number of hydrogen-bond acceptors (Lipinski definition) is 6. The Balaban J connectivity index is 1.81. The standard InChI is InChI=1S/C19H15N7/c1-13-4-3-5-15(10-13)25(2)18-7-6-17-22-23-19(26(17)24-18)16-11-14(12-20)8-9-21-16/h3-11H,1-2H3. The number of aryl methyl sites for hydroxylation is 1. The van der Waals surface area contributed by atoms with Gasteiger partial charge >= 0.3 is 0 Å². The van der Waals surface area contributed by atoms with Crippen LogP contribution in [-0.4, -0.2) is 31.8 Å². The first-order valence-corrected chi connectivity index (χ1v) is 8.05. The quantitative estimate of drug-likeness (QED) is 0.569. The molecule has 3 heterocycles. The minimum atomic E-state index is 0.497. The number of aromatic nitrogens is 5. The molecule has 0 saturated carbocycles. The third-order valence-electron chi connectivity index (χ3n) is 4.10. The van der Waals surface area contributed by atoms with Gasteiger partial charge in [0.25, 0.3) is 0 Å². The van der Waals surface area contributed by atoms with Gasteiger partial charge in [0.1, 0.15) is 5.69 Å². The van der Waals surface area contributed by atoms with E-state index in [-0.39, 0.29) is 0 Å². The smallest absolute Gasteiger partial charge is 0.203 e. The normalized spacial score (nSPS) is 10.7. The van der Waals surface area contributed by atoms with Crippen LogP contribution in [-0.2, 0) is 0 Å². The van der Waals surface area contributed by atoms with Gasteiger partial charge in [-0.15, -0.1) is 15.3 Å². The summed E-state index contributed by atoms with van der Waals surface area (Å²) in [7, 11) is 1.96. The molecule has 126 valence electrons. The highest BCUT2D eigenvalue weighted by Gasteiger charge is 2.14. The first-order chi connectivity index (χ1) is 12.7. The van der Waals surface area contributed by atoms with Crippen molar-refractivity contribution in [3.63, 3.8) is 0 Å². The van der Waals surface area contributed by atoms with Gasteiger partial charge in [-0.25, -0.2) is 0 Å². The molecule has 0 saturated heterocycles. The van der Waals surface area contributed by atoms with Gasteiger partial charge in [0, 0.05) is 18.9 Å². The molecule has 4 rings (SSSR count). The van der Waals surface area contributed by atoms with E-state index in [4.69, 9.17) is 5.26 Å². The minimum absolute atomic E-state index is 0.497. The second-order valence-corrected chi connectivity index (χ2v) is 5.92. The van der Waals surface area contributed by atoms with Crippen LogP contribution < -0.4 is 4.90 Å². The summed E-state index contributed by atoms with van der Waals surface area (Å²) >= 11 is 0. The molecular formula is C19H15N7. The summed E-state index contributed by atoms with van der Waals surface area (Å²) in [5.41, 5.74) is 3.90. The van der Waals surface area contributed by atoms with Gasteiger partial charge in [-0.3, -0.25) is 4.98 Å². The monoisotopic (exact) mass is 341 g/mol. The average Bonchev–Trinajstić information content (AvgIpc) is 3.10. The molecule has 1 aromatic carbocycles. The van der Waals surface area contributed by atoms with Crippen molar-refractivity contribution in [2.24, 2.45) is 0 Å². The topological polar surface area (TPSA) is 83.0 Å². The summed E-state index contributed by atoms with van der Waals surface area (Å²) in [6.07, 6.45) is 1.58. The molecule has 0 N–H and O–H groups in total. The van der Waals surface area contributed by atoms with Crippen molar-refractivity contribution in [1.82, 2.24) is 24.8 Å². The molecular weight excluding hydrogens is 326 g/mol. The summed E-state index contributed by atoms with van der Waals surface area (Å²) < 4.78 is 1.64. The van der Waals surface area contributed by atoms with Gasteiger partial charge in [0.05, 0.1) is 11.6 Å². The van der Waals surface area contributed by atoms with E-state index in [0.29, 0.717) is 22.7 Å². The fourth-order valence-electron chi connectivity index (χ4n) is 2.71. The number of pyridine rings is 1. The predicted molar refractivity (Wildman–Crippen MR) is 98.0 cm³/mol. The van der Waals surface area contributed by atoms with Gasteiger partial charge in [-0.2, -0.15) is 9.78 Å². The number of nitrogens with zero attached hydrogens (tertiary/aromatic N) is 7. The van der Waals surface area contributed by atoms with E-state index in [1.807, 2.05) is 36.2 Å². The maximum absolute atomic E-state index is 9.10. The van der Waals surface area contributed by atoms with Crippen molar-refractivity contribution >= 4 is 17.2 Å². The molecule has 3 aromatic heterocycles.